The molecule has 0 unspecified atom stereocenters. The zero-order valence-corrected chi connectivity index (χ0v) is 16.9. The number of Topliss-reactive ketones (excluding diaryl/α,β-unsaturated/α-hetero) is 1. The van der Waals surface area contributed by atoms with E-state index in [2.05, 4.69) is 21.7 Å². The standard InChI is InChI=1S/C21H31N3O2/c1-13(25)17(20(2,3)4)24-19(26)18(22-7)21(5,6)15-12-23-16-11-9-8-10-14(15)16/h8-12,17-18,22-23H,1-7H3,(H,24,26)/t17-,18-/m1/s1. The number of carbonyl (C=O) groups excluding carboxylic acids is 2. The number of likely N-dealkylation sites (N-methyl/N-ethyl adjacent to an activating group) is 1. The Kier molecular flexibility index (Phi) is 5.61. The minimum absolute atomic E-state index is 0.0365. The van der Waals surface area contributed by atoms with Crippen molar-refractivity contribution in [3.05, 3.63) is 36.0 Å². The molecule has 142 valence electrons. The molecule has 0 aliphatic rings. The van der Waals surface area contributed by atoms with Gasteiger partial charge in [-0.3, -0.25) is 9.59 Å². The lowest BCUT2D eigenvalue weighted by molar-refractivity contribution is -0.131. The molecule has 1 aromatic carbocycles. The summed E-state index contributed by atoms with van der Waals surface area (Å²) in [6, 6.07) is 7.06. The highest BCUT2D eigenvalue weighted by molar-refractivity contribution is 5.92. The van der Waals surface area contributed by atoms with Crippen LogP contribution in [0.15, 0.2) is 30.5 Å². The first-order chi connectivity index (χ1) is 12.0. The van der Waals surface area contributed by atoms with Crippen molar-refractivity contribution in [1.29, 1.82) is 0 Å². The maximum atomic E-state index is 13.1. The Labute approximate surface area is 155 Å². The minimum Gasteiger partial charge on any atom is -0.361 e. The van der Waals surface area contributed by atoms with Crippen LogP contribution in [0.3, 0.4) is 0 Å². The lowest BCUT2D eigenvalue weighted by Gasteiger charge is -2.36. The van der Waals surface area contributed by atoms with Crippen molar-refractivity contribution in [3.63, 3.8) is 0 Å². The van der Waals surface area contributed by atoms with Gasteiger partial charge in [-0.15, -0.1) is 0 Å². The number of fused-ring (bicyclic) bond motifs is 1. The summed E-state index contributed by atoms with van der Waals surface area (Å²) in [6.07, 6.45) is 1.97. The topological polar surface area (TPSA) is 74.0 Å². The molecule has 0 fully saturated rings. The Morgan fingerprint density at radius 3 is 2.19 bits per heavy atom. The summed E-state index contributed by atoms with van der Waals surface area (Å²) in [5.74, 6) is -0.205. The monoisotopic (exact) mass is 357 g/mol. The quantitative estimate of drug-likeness (QED) is 0.743. The average Bonchev–Trinajstić information content (AvgIpc) is 2.96. The number of amides is 1. The highest BCUT2D eigenvalue weighted by Crippen LogP contribution is 2.33. The van der Waals surface area contributed by atoms with Crippen LogP contribution < -0.4 is 10.6 Å². The van der Waals surface area contributed by atoms with Crippen LogP contribution >= 0.6 is 0 Å². The molecule has 5 nitrogen and oxygen atoms in total. The van der Waals surface area contributed by atoms with Crippen LogP contribution in [0.4, 0.5) is 0 Å². The van der Waals surface area contributed by atoms with Crippen LogP contribution in [-0.2, 0) is 15.0 Å². The lowest BCUT2D eigenvalue weighted by atomic mass is 9.76. The number of ketones is 1. The van der Waals surface area contributed by atoms with E-state index in [9.17, 15) is 9.59 Å². The molecule has 0 aliphatic heterocycles. The third kappa shape index (κ3) is 3.83. The van der Waals surface area contributed by atoms with Gasteiger partial charge < -0.3 is 15.6 Å². The smallest absolute Gasteiger partial charge is 0.238 e. The molecule has 5 heteroatoms. The molecule has 1 amide bonds. The third-order valence-electron chi connectivity index (χ3n) is 5.12. The molecule has 2 atom stereocenters. The second kappa shape index (κ2) is 7.23. The summed E-state index contributed by atoms with van der Waals surface area (Å²) >= 11 is 0. The summed E-state index contributed by atoms with van der Waals surface area (Å²) in [6.45, 7) is 11.5. The third-order valence-corrected chi connectivity index (χ3v) is 5.12. The van der Waals surface area contributed by atoms with Crippen molar-refractivity contribution in [2.45, 2.75) is 59.0 Å². The summed E-state index contributed by atoms with van der Waals surface area (Å²) in [5, 5.41) is 7.22. The van der Waals surface area contributed by atoms with Gasteiger partial charge >= 0.3 is 0 Å². The van der Waals surface area contributed by atoms with E-state index in [1.807, 2.05) is 59.0 Å². The summed E-state index contributed by atoms with van der Waals surface area (Å²) in [5.41, 5.74) is 1.29. The maximum Gasteiger partial charge on any atom is 0.238 e. The Bertz CT molecular complexity index is 799. The Hall–Kier alpha value is -2.14. The first-order valence-corrected chi connectivity index (χ1v) is 9.04. The van der Waals surface area contributed by atoms with E-state index < -0.39 is 17.5 Å². The second-order valence-corrected chi connectivity index (χ2v) is 8.61. The van der Waals surface area contributed by atoms with Gasteiger partial charge in [0.2, 0.25) is 5.91 Å². The number of aromatic nitrogens is 1. The molecule has 0 bridgehead atoms. The fourth-order valence-electron chi connectivity index (χ4n) is 3.73. The van der Waals surface area contributed by atoms with Crippen LogP contribution in [0.25, 0.3) is 10.9 Å². The van der Waals surface area contributed by atoms with Gasteiger partial charge in [0.05, 0.1) is 12.1 Å². The average molecular weight is 357 g/mol. The van der Waals surface area contributed by atoms with Crippen LogP contribution in [0, 0.1) is 5.41 Å². The van der Waals surface area contributed by atoms with Gasteiger partial charge in [-0.25, -0.2) is 0 Å². The molecule has 26 heavy (non-hydrogen) atoms. The minimum atomic E-state index is -0.524. The molecule has 2 aromatic rings. The van der Waals surface area contributed by atoms with E-state index in [1.165, 1.54) is 6.92 Å². The molecule has 0 saturated heterocycles. The summed E-state index contributed by atoms with van der Waals surface area (Å²) in [7, 11) is 1.78. The number of H-pyrrole nitrogens is 1. The molecular formula is C21H31N3O2. The van der Waals surface area contributed by atoms with Gasteiger partial charge in [-0.2, -0.15) is 0 Å². The van der Waals surface area contributed by atoms with Crippen molar-refractivity contribution in [3.8, 4) is 0 Å². The summed E-state index contributed by atoms with van der Waals surface area (Å²) < 4.78 is 0. The van der Waals surface area contributed by atoms with E-state index in [0.717, 1.165) is 16.5 Å². The zero-order valence-electron chi connectivity index (χ0n) is 16.9. The number of carbonyl (C=O) groups is 2. The zero-order chi connectivity index (χ0) is 19.7. The highest BCUT2D eigenvalue weighted by atomic mass is 16.2. The van der Waals surface area contributed by atoms with Crippen molar-refractivity contribution in [2.75, 3.05) is 7.05 Å². The summed E-state index contributed by atoms with van der Waals surface area (Å²) in [4.78, 5) is 28.4. The number of aromatic amines is 1. The van der Waals surface area contributed by atoms with Crippen molar-refractivity contribution in [1.82, 2.24) is 15.6 Å². The van der Waals surface area contributed by atoms with Crippen molar-refractivity contribution >= 4 is 22.6 Å². The predicted octanol–water partition coefficient (Wildman–Crippen LogP) is 3.15. The number of hydrogen-bond acceptors (Lipinski definition) is 3. The Morgan fingerprint density at radius 2 is 1.65 bits per heavy atom. The van der Waals surface area contributed by atoms with E-state index in [0.29, 0.717) is 0 Å². The number of nitrogens with one attached hydrogen (secondary N) is 3. The number of hydrogen-bond donors (Lipinski definition) is 3. The Morgan fingerprint density at radius 1 is 1.04 bits per heavy atom. The van der Waals surface area contributed by atoms with Gasteiger partial charge in [-0.1, -0.05) is 52.8 Å². The van der Waals surface area contributed by atoms with Gasteiger partial charge in [0.1, 0.15) is 0 Å². The SMILES string of the molecule is CN[C@H](C(=O)N[C@H](C(C)=O)C(C)(C)C)C(C)(C)c1c[nH]c2ccccc12. The molecule has 2 rings (SSSR count). The van der Waals surface area contributed by atoms with Crippen LogP contribution in [0.1, 0.15) is 47.1 Å². The fourth-order valence-corrected chi connectivity index (χ4v) is 3.73. The second-order valence-electron chi connectivity index (χ2n) is 8.61. The van der Waals surface area contributed by atoms with E-state index in [-0.39, 0.29) is 17.1 Å². The lowest BCUT2D eigenvalue weighted by Crippen LogP contribution is -2.58. The first-order valence-electron chi connectivity index (χ1n) is 9.04. The predicted molar refractivity (Wildman–Crippen MR) is 106 cm³/mol. The number of benzene rings is 1. The molecule has 0 spiro atoms. The Balaban J connectivity index is 2.36. The molecular weight excluding hydrogens is 326 g/mol. The maximum absolute atomic E-state index is 13.1. The molecule has 0 aliphatic carbocycles. The largest absolute Gasteiger partial charge is 0.361 e. The molecule has 1 heterocycles. The van der Waals surface area contributed by atoms with Crippen LogP contribution in [0.5, 0.6) is 0 Å². The van der Waals surface area contributed by atoms with Gasteiger partial charge in [0.15, 0.2) is 5.78 Å². The van der Waals surface area contributed by atoms with Gasteiger partial charge in [-0.05, 0) is 31.0 Å². The normalized spacial score (nSPS) is 14.9. The number of rotatable bonds is 6. The van der Waals surface area contributed by atoms with E-state index >= 15 is 0 Å². The molecule has 0 saturated carbocycles. The first kappa shape index (κ1) is 20.2. The number of para-hydroxylation sites is 1. The molecule has 3 N–H and O–H groups in total. The van der Waals surface area contributed by atoms with Gasteiger partial charge in [0.25, 0.3) is 0 Å². The van der Waals surface area contributed by atoms with Crippen LogP contribution in [0.2, 0.25) is 0 Å². The fraction of sp³-hybridized carbons (Fsp3) is 0.524. The van der Waals surface area contributed by atoms with E-state index in [4.69, 9.17) is 0 Å². The van der Waals surface area contributed by atoms with E-state index in [1.54, 1.807) is 7.05 Å². The molecule has 1 aromatic heterocycles. The van der Waals surface area contributed by atoms with Gasteiger partial charge in [0, 0.05) is 22.5 Å². The van der Waals surface area contributed by atoms with Crippen molar-refractivity contribution < 1.29 is 9.59 Å². The van der Waals surface area contributed by atoms with Crippen molar-refractivity contribution in [2.24, 2.45) is 5.41 Å². The highest BCUT2D eigenvalue weighted by Gasteiger charge is 2.40. The van der Waals surface area contributed by atoms with Crippen LogP contribution in [-0.4, -0.2) is 35.8 Å². The molecule has 0 radical (unpaired) electrons.